The molecule has 1 fully saturated rings. The second-order valence-electron chi connectivity index (χ2n) is 4.93. The molecular formula is C15H21NO2. The Kier molecular flexibility index (Phi) is 4.37. The largest absolute Gasteiger partial charge is 0.466 e. The summed E-state index contributed by atoms with van der Waals surface area (Å²) in [5.41, 5.74) is 1.25. The highest BCUT2D eigenvalue weighted by Gasteiger charge is 2.34. The van der Waals surface area contributed by atoms with Crippen LogP contribution in [0.4, 0.5) is 0 Å². The Labute approximate surface area is 109 Å². The molecule has 2 atom stereocenters. The number of esters is 1. The van der Waals surface area contributed by atoms with E-state index >= 15 is 0 Å². The van der Waals surface area contributed by atoms with E-state index in [1.165, 1.54) is 5.56 Å². The van der Waals surface area contributed by atoms with Gasteiger partial charge in [-0.25, -0.2) is 0 Å². The van der Waals surface area contributed by atoms with E-state index in [4.69, 9.17) is 4.74 Å². The summed E-state index contributed by atoms with van der Waals surface area (Å²) in [7, 11) is 2.06. The van der Waals surface area contributed by atoms with Crippen LogP contribution in [0.3, 0.4) is 0 Å². The number of hydrogen-bond acceptors (Lipinski definition) is 3. The molecule has 1 saturated heterocycles. The lowest BCUT2D eigenvalue weighted by atomic mass is 9.80. The first-order valence-corrected chi connectivity index (χ1v) is 6.62. The number of carbonyl (C=O) groups excluding carboxylic acids is 1. The summed E-state index contributed by atoms with van der Waals surface area (Å²) < 4.78 is 5.22. The zero-order valence-corrected chi connectivity index (χ0v) is 11.1. The van der Waals surface area contributed by atoms with Crippen molar-refractivity contribution in [2.45, 2.75) is 19.3 Å². The monoisotopic (exact) mass is 247 g/mol. The summed E-state index contributed by atoms with van der Waals surface area (Å²) in [4.78, 5) is 14.3. The van der Waals surface area contributed by atoms with E-state index in [9.17, 15) is 4.79 Å². The molecule has 0 radical (unpaired) electrons. The molecule has 3 heteroatoms. The highest BCUT2D eigenvalue weighted by Crippen LogP contribution is 2.33. The van der Waals surface area contributed by atoms with Gasteiger partial charge in [0.25, 0.3) is 0 Å². The van der Waals surface area contributed by atoms with Crippen molar-refractivity contribution in [2.24, 2.45) is 5.92 Å². The van der Waals surface area contributed by atoms with Crippen LogP contribution in [0.15, 0.2) is 30.3 Å². The summed E-state index contributed by atoms with van der Waals surface area (Å²) in [6.07, 6.45) is 1.02. The van der Waals surface area contributed by atoms with Crippen LogP contribution in [0.25, 0.3) is 0 Å². The molecule has 1 aromatic rings. The van der Waals surface area contributed by atoms with Gasteiger partial charge in [0.05, 0.1) is 12.5 Å². The molecule has 1 heterocycles. The first kappa shape index (κ1) is 13.1. The molecule has 2 rings (SSSR count). The zero-order chi connectivity index (χ0) is 13.0. The van der Waals surface area contributed by atoms with Gasteiger partial charge in [0.15, 0.2) is 0 Å². The van der Waals surface area contributed by atoms with Crippen LogP contribution in [0.5, 0.6) is 0 Å². The van der Waals surface area contributed by atoms with E-state index in [1.54, 1.807) is 0 Å². The van der Waals surface area contributed by atoms with Gasteiger partial charge in [-0.2, -0.15) is 0 Å². The number of benzene rings is 1. The Balaban J connectivity index is 2.18. The molecule has 18 heavy (non-hydrogen) atoms. The van der Waals surface area contributed by atoms with Crippen molar-refractivity contribution in [1.82, 2.24) is 4.90 Å². The molecule has 0 bridgehead atoms. The summed E-state index contributed by atoms with van der Waals surface area (Å²) in [6, 6.07) is 10.3. The van der Waals surface area contributed by atoms with Crippen LogP contribution >= 0.6 is 0 Å². The van der Waals surface area contributed by atoms with Gasteiger partial charge in [0.2, 0.25) is 0 Å². The second-order valence-corrected chi connectivity index (χ2v) is 4.93. The van der Waals surface area contributed by atoms with E-state index in [-0.39, 0.29) is 11.9 Å². The van der Waals surface area contributed by atoms with E-state index < -0.39 is 0 Å². The summed E-state index contributed by atoms with van der Waals surface area (Å²) in [6.45, 7) is 4.15. The van der Waals surface area contributed by atoms with E-state index in [0.29, 0.717) is 12.5 Å². The molecule has 0 spiro atoms. The number of carbonyl (C=O) groups is 1. The normalized spacial score (nSPS) is 24.8. The fourth-order valence-electron chi connectivity index (χ4n) is 2.70. The van der Waals surface area contributed by atoms with Crippen molar-refractivity contribution in [3.63, 3.8) is 0 Å². The van der Waals surface area contributed by atoms with Crippen LogP contribution in [0.1, 0.15) is 24.8 Å². The van der Waals surface area contributed by atoms with Gasteiger partial charge in [-0.3, -0.25) is 4.79 Å². The number of rotatable bonds is 3. The van der Waals surface area contributed by atoms with Crippen molar-refractivity contribution >= 4 is 5.97 Å². The Morgan fingerprint density at radius 2 is 2.11 bits per heavy atom. The Morgan fingerprint density at radius 3 is 2.78 bits per heavy atom. The molecule has 0 aliphatic carbocycles. The molecule has 98 valence electrons. The van der Waals surface area contributed by atoms with Crippen molar-refractivity contribution in [3.8, 4) is 0 Å². The average molecular weight is 247 g/mol. The Bertz CT molecular complexity index is 391. The van der Waals surface area contributed by atoms with Crippen LogP contribution in [-0.2, 0) is 9.53 Å². The van der Waals surface area contributed by atoms with Gasteiger partial charge in [0.1, 0.15) is 0 Å². The molecule has 0 saturated carbocycles. The number of likely N-dealkylation sites (tertiary alicyclic amines) is 1. The van der Waals surface area contributed by atoms with Gasteiger partial charge in [-0.05, 0) is 38.4 Å². The molecule has 0 amide bonds. The minimum atomic E-state index is -0.0575. The van der Waals surface area contributed by atoms with Gasteiger partial charge >= 0.3 is 5.97 Å². The number of ether oxygens (including phenoxy) is 1. The maximum Gasteiger partial charge on any atom is 0.310 e. The molecule has 1 aliphatic rings. The number of nitrogens with zero attached hydrogens (tertiary/aromatic N) is 1. The maximum atomic E-state index is 12.1. The fourth-order valence-corrected chi connectivity index (χ4v) is 2.70. The number of hydrogen-bond donors (Lipinski definition) is 0. The van der Waals surface area contributed by atoms with Crippen LogP contribution in [0, 0.1) is 5.92 Å². The minimum absolute atomic E-state index is 0.0360. The quantitative estimate of drug-likeness (QED) is 0.767. The molecular weight excluding hydrogens is 226 g/mol. The van der Waals surface area contributed by atoms with E-state index in [0.717, 1.165) is 19.5 Å². The van der Waals surface area contributed by atoms with Crippen LogP contribution in [-0.4, -0.2) is 37.6 Å². The molecule has 3 nitrogen and oxygen atoms in total. The summed E-state index contributed by atoms with van der Waals surface area (Å²) in [5.74, 6) is 0.199. The predicted octanol–water partition coefficient (Wildman–Crippen LogP) is 2.29. The third kappa shape index (κ3) is 2.91. The SMILES string of the molecule is CCOC(=O)[C@H]1CN(C)CC[C@H]1c1ccccc1. The fraction of sp³-hybridized carbons (Fsp3) is 0.533. The van der Waals surface area contributed by atoms with E-state index in [1.807, 2.05) is 25.1 Å². The predicted molar refractivity (Wildman–Crippen MR) is 71.4 cm³/mol. The lowest BCUT2D eigenvalue weighted by molar-refractivity contribution is -0.150. The third-order valence-electron chi connectivity index (χ3n) is 3.63. The van der Waals surface area contributed by atoms with Gasteiger partial charge in [0, 0.05) is 6.54 Å². The van der Waals surface area contributed by atoms with Crippen molar-refractivity contribution < 1.29 is 9.53 Å². The molecule has 0 N–H and O–H groups in total. The van der Waals surface area contributed by atoms with Gasteiger partial charge < -0.3 is 9.64 Å². The van der Waals surface area contributed by atoms with Crippen molar-refractivity contribution in [1.29, 1.82) is 0 Å². The van der Waals surface area contributed by atoms with Gasteiger partial charge in [-0.1, -0.05) is 30.3 Å². The second kappa shape index (κ2) is 6.01. The standard InChI is InChI=1S/C15H21NO2/c1-3-18-15(17)14-11-16(2)10-9-13(14)12-7-5-4-6-8-12/h4-8,13-14H,3,9-11H2,1-2H3/t13-,14-/m0/s1. The average Bonchev–Trinajstić information content (AvgIpc) is 2.40. The number of piperidine rings is 1. The maximum absolute atomic E-state index is 12.1. The Hall–Kier alpha value is -1.35. The van der Waals surface area contributed by atoms with Crippen molar-refractivity contribution in [3.05, 3.63) is 35.9 Å². The molecule has 0 aromatic heterocycles. The summed E-state index contributed by atoms with van der Waals surface area (Å²) >= 11 is 0. The lowest BCUT2D eigenvalue weighted by Gasteiger charge is -2.35. The lowest BCUT2D eigenvalue weighted by Crippen LogP contribution is -2.41. The van der Waals surface area contributed by atoms with E-state index in [2.05, 4.69) is 24.1 Å². The molecule has 1 aliphatic heterocycles. The highest BCUT2D eigenvalue weighted by molar-refractivity contribution is 5.74. The smallest absolute Gasteiger partial charge is 0.310 e. The van der Waals surface area contributed by atoms with Gasteiger partial charge in [-0.15, -0.1) is 0 Å². The third-order valence-corrected chi connectivity index (χ3v) is 3.63. The summed E-state index contributed by atoms with van der Waals surface area (Å²) in [5, 5.41) is 0. The topological polar surface area (TPSA) is 29.5 Å². The molecule has 0 unspecified atom stereocenters. The zero-order valence-electron chi connectivity index (χ0n) is 11.1. The minimum Gasteiger partial charge on any atom is -0.466 e. The molecule has 1 aromatic carbocycles. The van der Waals surface area contributed by atoms with Crippen LogP contribution < -0.4 is 0 Å². The first-order chi connectivity index (χ1) is 8.72. The van der Waals surface area contributed by atoms with Crippen molar-refractivity contribution in [2.75, 3.05) is 26.7 Å². The first-order valence-electron chi connectivity index (χ1n) is 6.62. The highest BCUT2D eigenvalue weighted by atomic mass is 16.5. The Morgan fingerprint density at radius 1 is 1.39 bits per heavy atom. The van der Waals surface area contributed by atoms with Crippen LogP contribution in [0.2, 0.25) is 0 Å².